The summed E-state index contributed by atoms with van der Waals surface area (Å²) < 4.78 is 42.6. The Labute approximate surface area is 183 Å². The molecule has 0 saturated carbocycles. The second-order valence-electron chi connectivity index (χ2n) is 7.57. The molecule has 2 aromatic carbocycles. The summed E-state index contributed by atoms with van der Waals surface area (Å²) in [5.41, 5.74) is 1.28. The molecule has 0 bridgehead atoms. The van der Waals surface area contributed by atoms with Gasteiger partial charge in [0.1, 0.15) is 5.75 Å². The first-order chi connectivity index (χ1) is 14.7. The number of carbonyl (C=O) groups excluding carboxylic acids is 1. The average Bonchev–Trinajstić information content (AvgIpc) is 2.92. The molecule has 1 heterocycles. The van der Waals surface area contributed by atoms with E-state index in [4.69, 9.17) is 14.2 Å². The fourth-order valence-corrected chi connectivity index (χ4v) is 4.28. The number of carbonyl (C=O) groups is 1. The van der Waals surface area contributed by atoms with Crippen LogP contribution in [0, 0.1) is 0 Å². The third kappa shape index (κ3) is 5.61. The molecule has 1 amide bonds. The van der Waals surface area contributed by atoms with Crippen LogP contribution in [0.5, 0.6) is 17.2 Å². The zero-order chi connectivity index (χ0) is 22.6. The first-order valence-corrected chi connectivity index (χ1v) is 11.9. The lowest BCUT2D eigenvalue weighted by Gasteiger charge is -2.20. The van der Waals surface area contributed by atoms with Gasteiger partial charge in [-0.25, -0.2) is 8.42 Å². The topological polar surface area (TPSA) is 94.2 Å². The number of fused-ring (bicyclic) bond motifs is 1. The molecule has 168 valence electrons. The maximum Gasteiger partial charge on any atom is 0.261 e. The van der Waals surface area contributed by atoms with Crippen LogP contribution in [0.4, 0.5) is 5.69 Å². The predicted molar refractivity (Wildman–Crippen MR) is 118 cm³/mol. The number of anilines is 1. The largest absolute Gasteiger partial charge is 0.493 e. The Hall–Kier alpha value is -2.94. The lowest BCUT2D eigenvalue weighted by Crippen LogP contribution is -2.39. The minimum Gasteiger partial charge on any atom is -0.493 e. The van der Waals surface area contributed by atoms with Gasteiger partial charge in [-0.3, -0.25) is 9.10 Å². The Bertz CT molecular complexity index is 1040. The van der Waals surface area contributed by atoms with Crippen LogP contribution >= 0.6 is 0 Å². The first-order valence-electron chi connectivity index (χ1n) is 10.0. The third-order valence-electron chi connectivity index (χ3n) is 4.75. The number of sulfonamides is 1. The van der Waals surface area contributed by atoms with Crippen molar-refractivity contribution < 1.29 is 27.4 Å². The number of amides is 1. The van der Waals surface area contributed by atoms with Crippen molar-refractivity contribution in [2.45, 2.75) is 39.0 Å². The number of ether oxygens (including phenoxy) is 3. The number of hydrogen-bond donors (Lipinski definition) is 1. The molecule has 1 atom stereocenters. The summed E-state index contributed by atoms with van der Waals surface area (Å²) in [6, 6.07) is 12.3. The van der Waals surface area contributed by atoms with Gasteiger partial charge in [0.05, 0.1) is 25.2 Å². The van der Waals surface area contributed by atoms with Crippen molar-refractivity contribution >= 4 is 21.6 Å². The van der Waals surface area contributed by atoms with Gasteiger partial charge < -0.3 is 19.5 Å². The van der Waals surface area contributed by atoms with Crippen LogP contribution in [0.3, 0.4) is 0 Å². The Morgan fingerprint density at radius 1 is 1.23 bits per heavy atom. The zero-order valence-electron chi connectivity index (χ0n) is 18.1. The quantitative estimate of drug-likeness (QED) is 0.700. The minimum atomic E-state index is -3.49. The SMILES string of the molecule is COc1cc(CNC(=O)[C@@H]2CCN(S(C)(=O)=O)c3ccccc3O2)ccc1OC(C)C. The highest BCUT2D eigenvalue weighted by Gasteiger charge is 2.30. The standard InChI is InChI=1S/C22H28N2O6S/c1-15(2)29-19-10-9-16(13-21(19)28-3)14-23-22(25)20-11-12-24(31(4,26)27)17-7-5-6-8-18(17)30-20/h5-10,13,15,20H,11-12,14H2,1-4H3,(H,23,25)/t20-/m0/s1. The number of hydrogen-bond acceptors (Lipinski definition) is 6. The molecule has 0 fully saturated rings. The minimum absolute atomic E-state index is 0.0150. The fraction of sp³-hybridized carbons (Fsp3) is 0.409. The number of nitrogens with zero attached hydrogens (tertiary/aromatic N) is 1. The van der Waals surface area contributed by atoms with E-state index in [1.54, 1.807) is 31.4 Å². The van der Waals surface area contributed by atoms with Gasteiger partial charge in [0.2, 0.25) is 10.0 Å². The van der Waals surface area contributed by atoms with Crippen LogP contribution in [0.1, 0.15) is 25.8 Å². The molecule has 8 nitrogen and oxygen atoms in total. The molecule has 1 aliphatic rings. The van der Waals surface area contributed by atoms with Gasteiger partial charge in [-0.05, 0) is 43.7 Å². The average molecular weight is 449 g/mol. The molecule has 0 unspecified atom stereocenters. The summed E-state index contributed by atoms with van der Waals surface area (Å²) in [6.07, 6.45) is 0.585. The van der Waals surface area contributed by atoms with Crippen molar-refractivity contribution in [1.82, 2.24) is 5.32 Å². The van der Waals surface area contributed by atoms with Crippen molar-refractivity contribution in [3.8, 4) is 17.2 Å². The summed E-state index contributed by atoms with van der Waals surface area (Å²) in [5.74, 6) is 1.27. The maximum absolute atomic E-state index is 12.8. The van der Waals surface area contributed by atoms with Crippen LogP contribution in [0.25, 0.3) is 0 Å². The highest BCUT2D eigenvalue weighted by molar-refractivity contribution is 7.92. The summed E-state index contributed by atoms with van der Waals surface area (Å²) in [7, 11) is -1.93. The van der Waals surface area contributed by atoms with E-state index in [2.05, 4.69) is 5.32 Å². The van der Waals surface area contributed by atoms with Crippen molar-refractivity contribution in [3.63, 3.8) is 0 Å². The molecular weight excluding hydrogens is 420 g/mol. The molecule has 1 aliphatic heterocycles. The molecule has 0 aliphatic carbocycles. The number of benzene rings is 2. The van der Waals surface area contributed by atoms with Gasteiger partial charge in [-0.2, -0.15) is 0 Å². The van der Waals surface area contributed by atoms with Gasteiger partial charge in [-0.1, -0.05) is 18.2 Å². The smallest absolute Gasteiger partial charge is 0.261 e. The summed E-state index contributed by atoms with van der Waals surface area (Å²) in [6.45, 7) is 4.30. The van der Waals surface area contributed by atoms with E-state index in [1.807, 2.05) is 32.0 Å². The van der Waals surface area contributed by atoms with Gasteiger partial charge in [0, 0.05) is 19.5 Å². The van der Waals surface area contributed by atoms with Gasteiger partial charge in [-0.15, -0.1) is 0 Å². The monoisotopic (exact) mass is 448 g/mol. The molecule has 0 saturated heterocycles. The van der Waals surface area contributed by atoms with E-state index in [9.17, 15) is 13.2 Å². The van der Waals surface area contributed by atoms with Crippen molar-refractivity contribution in [3.05, 3.63) is 48.0 Å². The summed E-state index contributed by atoms with van der Waals surface area (Å²) in [5, 5.41) is 2.86. The van der Waals surface area contributed by atoms with Crippen molar-refractivity contribution in [2.75, 3.05) is 24.2 Å². The number of nitrogens with one attached hydrogen (secondary N) is 1. The Morgan fingerprint density at radius 2 is 1.97 bits per heavy atom. The molecule has 1 N–H and O–H groups in total. The summed E-state index contributed by atoms with van der Waals surface area (Å²) >= 11 is 0. The van der Waals surface area contributed by atoms with Crippen LogP contribution < -0.4 is 23.8 Å². The van der Waals surface area contributed by atoms with Crippen LogP contribution in [-0.2, 0) is 21.4 Å². The van der Waals surface area contributed by atoms with E-state index in [0.717, 1.165) is 11.8 Å². The predicted octanol–water partition coefficient (Wildman–Crippen LogP) is 2.72. The van der Waals surface area contributed by atoms with Gasteiger partial charge in [0.25, 0.3) is 5.91 Å². The Morgan fingerprint density at radius 3 is 2.65 bits per heavy atom. The van der Waals surface area contributed by atoms with Crippen molar-refractivity contribution in [1.29, 1.82) is 0 Å². The molecule has 3 rings (SSSR count). The molecule has 2 aromatic rings. The fourth-order valence-electron chi connectivity index (χ4n) is 3.34. The van der Waals surface area contributed by atoms with Crippen LogP contribution in [0.15, 0.2) is 42.5 Å². The molecule has 9 heteroatoms. The van der Waals surface area contributed by atoms with Crippen molar-refractivity contribution in [2.24, 2.45) is 0 Å². The van der Waals surface area contributed by atoms with E-state index < -0.39 is 16.1 Å². The zero-order valence-corrected chi connectivity index (χ0v) is 18.9. The van der Waals surface area contributed by atoms with Gasteiger partial charge >= 0.3 is 0 Å². The highest BCUT2D eigenvalue weighted by atomic mass is 32.2. The van der Waals surface area contributed by atoms with Gasteiger partial charge in [0.15, 0.2) is 17.6 Å². The van der Waals surface area contributed by atoms with Crippen LogP contribution in [0.2, 0.25) is 0 Å². The first kappa shape index (κ1) is 22.7. The molecule has 0 aromatic heterocycles. The molecule has 0 spiro atoms. The molecule has 0 radical (unpaired) electrons. The van der Waals surface area contributed by atoms with E-state index in [0.29, 0.717) is 22.9 Å². The number of methoxy groups -OCH3 is 1. The third-order valence-corrected chi connectivity index (χ3v) is 5.93. The summed E-state index contributed by atoms with van der Waals surface area (Å²) in [4.78, 5) is 12.8. The Kier molecular flexibility index (Phi) is 6.94. The lowest BCUT2D eigenvalue weighted by atomic mass is 10.2. The second kappa shape index (κ2) is 9.47. The normalized spacial score (nSPS) is 16.2. The second-order valence-corrected chi connectivity index (χ2v) is 9.47. The number of para-hydroxylation sites is 2. The molecule has 31 heavy (non-hydrogen) atoms. The number of rotatable bonds is 7. The molecular formula is C22H28N2O6S. The highest BCUT2D eigenvalue weighted by Crippen LogP contribution is 2.34. The maximum atomic E-state index is 12.8. The lowest BCUT2D eigenvalue weighted by molar-refractivity contribution is -0.128. The Balaban J connectivity index is 1.70. The van der Waals surface area contributed by atoms with E-state index in [-0.39, 0.29) is 31.5 Å². The van der Waals surface area contributed by atoms with E-state index in [1.165, 1.54) is 4.31 Å². The van der Waals surface area contributed by atoms with E-state index >= 15 is 0 Å². The van der Waals surface area contributed by atoms with Crippen LogP contribution in [-0.4, -0.2) is 46.4 Å².